The molecule has 0 aromatic heterocycles. The third kappa shape index (κ3) is 2.90. The van der Waals surface area contributed by atoms with E-state index in [1.165, 1.54) is 0 Å². The van der Waals surface area contributed by atoms with E-state index >= 15 is 0 Å². The standard InChI is InChI=1S/C13H16ClNO/c1-4-10(8-15)6-11-7-12(14)5-9(2)13(11)16-3/h5,7,10H,4,6H2,1-3H3. The molecule has 0 saturated heterocycles. The van der Waals surface area contributed by atoms with Crippen molar-refractivity contribution >= 4 is 11.6 Å². The first-order chi connectivity index (χ1) is 7.62. The second-order valence-electron chi connectivity index (χ2n) is 3.85. The van der Waals surface area contributed by atoms with Gasteiger partial charge in [-0.2, -0.15) is 5.26 Å². The van der Waals surface area contributed by atoms with Crippen molar-refractivity contribution in [3.63, 3.8) is 0 Å². The van der Waals surface area contributed by atoms with Gasteiger partial charge in [-0.1, -0.05) is 18.5 Å². The van der Waals surface area contributed by atoms with Gasteiger partial charge in [0.15, 0.2) is 0 Å². The molecule has 0 N–H and O–H groups in total. The molecule has 16 heavy (non-hydrogen) atoms. The first-order valence-electron chi connectivity index (χ1n) is 5.35. The van der Waals surface area contributed by atoms with Crippen molar-refractivity contribution in [2.24, 2.45) is 5.92 Å². The van der Waals surface area contributed by atoms with Crippen molar-refractivity contribution in [3.8, 4) is 11.8 Å². The minimum atomic E-state index is 0.0202. The fourth-order valence-electron chi connectivity index (χ4n) is 1.79. The van der Waals surface area contributed by atoms with Gasteiger partial charge < -0.3 is 4.74 Å². The van der Waals surface area contributed by atoms with E-state index in [-0.39, 0.29) is 5.92 Å². The van der Waals surface area contributed by atoms with E-state index in [1.807, 2.05) is 26.0 Å². The summed E-state index contributed by atoms with van der Waals surface area (Å²) in [5.41, 5.74) is 2.03. The molecule has 0 saturated carbocycles. The zero-order valence-electron chi connectivity index (χ0n) is 9.88. The number of rotatable bonds is 4. The molecule has 1 aromatic rings. The monoisotopic (exact) mass is 237 g/mol. The van der Waals surface area contributed by atoms with Gasteiger partial charge in [-0.05, 0) is 43.0 Å². The molecule has 1 aromatic carbocycles. The minimum Gasteiger partial charge on any atom is -0.496 e. The maximum Gasteiger partial charge on any atom is 0.125 e. The average Bonchev–Trinajstić information content (AvgIpc) is 2.25. The maximum atomic E-state index is 8.97. The van der Waals surface area contributed by atoms with Gasteiger partial charge in [0.05, 0.1) is 19.1 Å². The number of halogens is 1. The number of hydrogen-bond acceptors (Lipinski definition) is 2. The van der Waals surface area contributed by atoms with Gasteiger partial charge >= 0.3 is 0 Å². The van der Waals surface area contributed by atoms with Crippen molar-refractivity contribution in [1.29, 1.82) is 5.26 Å². The van der Waals surface area contributed by atoms with Crippen LogP contribution in [0.25, 0.3) is 0 Å². The molecular weight excluding hydrogens is 222 g/mol. The highest BCUT2D eigenvalue weighted by Crippen LogP contribution is 2.29. The normalized spacial score (nSPS) is 11.9. The van der Waals surface area contributed by atoms with Gasteiger partial charge in [0.1, 0.15) is 5.75 Å². The fourth-order valence-corrected chi connectivity index (χ4v) is 2.09. The van der Waals surface area contributed by atoms with Crippen molar-refractivity contribution < 1.29 is 4.74 Å². The van der Waals surface area contributed by atoms with E-state index in [0.29, 0.717) is 11.4 Å². The summed E-state index contributed by atoms with van der Waals surface area (Å²) in [6.07, 6.45) is 1.53. The molecule has 0 spiro atoms. The maximum absolute atomic E-state index is 8.97. The lowest BCUT2D eigenvalue weighted by molar-refractivity contribution is 0.404. The molecule has 0 heterocycles. The molecule has 1 rings (SSSR count). The summed E-state index contributed by atoms with van der Waals surface area (Å²) in [6, 6.07) is 6.05. The quantitative estimate of drug-likeness (QED) is 0.799. The number of aryl methyl sites for hydroxylation is 1. The van der Waals surface area contributed by atoms with E-state index in [0.717, 1.165) is 23.3 Å². The van der Waals surface area contributed by atoms with Crippen molar-refractivity contribution in [1.82, 2.24) is 0 Å². The lowest BCUT2D eigenvalue weighted by Gasteiger charge is -2.13. The minimum absolute atomic E-state index is 0.0202. The second-order valence-corrected chi connectivity index (χ2v) is 4.29. The summed E-state index contributed by atoms with van der Waals surface area (Å²) in [7, 11) is 1.65. The highest BCUT2D eigenvalue weighted by molar-refractivity contribution is 6.30. The van der Waals surface area contributed by atoms with E-state index in [1.54, 1.807) is 7.11 Å². The number of benzene rings is 1. The highest BCUT2D eigenvalue weighted by Gasteiger charge is 2.13. The highest BCUT2D eigenvalue weighted by atomic mass is 35.5. The van der Waals surface area contributed by atoms with Gasteiger partial charge in [-0.25, -0.2) is 0 Å². The smallest absolute Gasteiger partial charge is 0.125 e. The number of ether oxygens (including phenoxy) is 1. The van der Waals surface area contributed by atoms with Gasteiger partial charge in [-0.15, -0.1) is 0 Å². The SMILES string of the molecule is CCC(C#N)Cc1cc(Cl)cc(C)c1OC. The Morgan fingerprint density at radius 3 is 2.69 bits per heavy atom. The predicted molar refractivity (Wildman–Crippen MR) is 65.8 cm³/mol. The van der Waals surface area contributed by atoms with E-state index < -0.39 is 0 Å². The van der Waals surface area contributed by atoms with Crippen LogP contribution >= 0.6 is 11.6 Å². The summed E-state index contributed by atoms with van der Waals surface area (Å²) in [6.45, 7) is 3.97. The zero-order chi connectivity index (χ0) is 12.1. The number of hydrogen-bond donors (Lipinski definition) is 0. The van der Waals surface area contributed by atoms with Crippen molar-refractivity contribution in [2.75, 3.05) is 7.11 Å². The van der Waals surface area contributed by atoms with E-state index in [9.17, 15) is 0 Å². The first kappa shape index (κ1) is 12.9. The number of nitriles is 1. The summed E-state index contributed by atoms with van der Waals surface area (Å²) >= 11 is 6.01. The lowest BCUT2D eigenvalue weighted by Crippen LogP contribution is -2.03. The average molecular weight is 238 g/mol. The molecule has 1 unspecified atom stereocenters. The number of nitrogens with zero attached hydrogens (tertiary/aromatic N) is 1. The molecule has 3 heteroatoms. The van der Waals surface area contributed by atoms with Crippen LogP contribution in [0, 0.1) is 24.2 Å². The van der Waals surface area contributed by atoms with Crippen molar-refractivity contribution in [3.05, 3.63) is 28.3 Å². The van der Waals surface area contributed by atoms with Gasteiger partial charge in [0, 0.05) is 5.02 Å². The Morgan fingerprint density at radius 1 is 1.50 bits per heavy atom. The van der Waals surface area contributed by atoms with Crippen LogP contribution in [-0.2, 0) is 6.42 Å². The van der Waals surface area contributed by atoms with Gasteiger partial charge in [0.2, 0.25) is 0 Å². The second kappa shape index (κ2) is 5.77. The zero-order valence-corrected chi connectivity index (χ0v) is 10.6. The lowest BCUT2D eigenvalue weighted by atomic mass is 9.96. The molecule has 0 aliphatic heterocycles. The van der Waals surface area contributed by atoms with Crippen LogP contribution in [0.2, 0.25) is 5.02 Å². The summed E-state index contributed by atoms with van der Waals surface area (Å²) in [5.74, 6) is 0.866. The van der Waals surface area contributed by atoms with Crippen LogP contribution in [0.3, 0.4) is 0 Å². The topological polar surface area (TPSA) is 33.0 Å². The third-order valence-electron chi connectivity index (χ3n) is 2.66. The molecule has 0 fully saturated rings. The van der Waals surface area contributed by atoms with Crippen LogP contribution in [-0.4, -0.2) is 7.11 Å². The van der Waals surface area contributed by atoms with Crippen LogP contribution in [0.4, 0.5) is 0 Å². The fraction of sp³-hybridized carbons (Fsp3) is 0.462. The molecular formula is C13H16ClNO. The molecule has 86 valence electrons. The Morgan fingerprint density at radius 2 is 2.19 bits per heavy atom. The molecule has 0 bridgehead atoms. The first-order valence-corrected chi connectivity index (χ1v) is 5.72. The van der Waals surface area contributed by atoms with Crippen molar-refractivity contribution in [2.45, 2.75) is 26.7 Å². The molecule has 0 radical (unpaired) electrons. The summed E-state index contributed by atoms with van der Waals surface area (Å²) in [4.78, 5) is 0. The Hall–Kier alpha value is -1.20. The molecule has 0 amide bonds. The van der Waals surface area contributed by atoms with Crippen LogP contribution in [0.15, 0.2) is 12.1 Å². The molecule has 1 atom stereocenters. The Bertz CT molecular complexity index is 409. The molecule has 0 aliphatic rings. The molecule has 0 aliphatic carbocycles. The Balaban J connectivity index is 3.07. The Labute approximate surface area is 102 Å². The summed E-state index contributed by atoms with van der Waals surface area (Å²) in [5, 5.41) is 9.66. The molecule has 2 nitrogen and oxygen atoms in total. The van der Waals surface area contributed by atoms with Gasteiger partial charge in [-0.3, -0.25) is 0 Å². The van der Waals surface area contributed by atoms with Crippen LogP contribution in [0.1, 0.15) is 24.5 Å². The van der Waals surface area contributed by atoms with Crippen LogP contribution < -0.4 is 4.74 Å². The summed E-state index contributed by atoms with van der Waals surface area (Å²) < 4.78 is 5.35. The third-order valence-corrected chi connectivity index (χ3v) is 2.88. The van der Waals surface area contributed by atoms with E-state index in [2.05, 4.69) is 6.07 Å². The number of methoxy groups -OCH3 is 1. The largest absolute Gasteiger partial charge is 0.496 e. The predicted octanol–water partition coefficient (Wildman–Crippen LogP) is 3.75. The van der Waals surface area contributed by atoms with E-state index in [4.69, 9.17) is 21.6 Å². The van der Waals surface area contributed by atoms with Gasteiger partial charge in [0.25, 0.3) is 0 Å². The van der Waals surface area contributed by atoms with Crippen LogP contribution in [0.5, 0.6) is 5.75 Å². The Kier molecular flexibility index (Phi) is 4.64.